The number of aliphatic carboxylic acids is 1. The number of nitrogens with one attached hydrogen (secondary N) is 1. The Morgan fingerprint density at radius 3 is 2.32 bits per heavy atom. The van der Waals surface area contributed by atoms with Gasteiger partial charge >= 0.3 is 5.97 Å². The van der Waals surface area contributed by atoms with Crippen LogP contribution in [0.1, 0.15) is 13.3 Å². The first-order valence-electron chi connectivity index (χ1n) is 5.91. The molecule has 19 heavy (non-hydrogen) atoms. The minimum absolute atomic E-state index is 0.0460. The molecule has 0 aliphatic carbocycles. The van der Waals surface area contributed by atoms with Crippen LogP contribution in [-0.2, 0) is 14.8 Å². The number of carboxylic acids is 1. The summed E-state index contributed by atoms with van der Waals surface area (Å²) >= 11 is 0. The summed E-state index contributed by atoms with van der Waals surface area (Å²) in [5, 5.41) is 8.67. The van der Waals surface area contributed by atoms with Crippen LogP contribution in [0.4, 0.5) is 5.69 Å². The van der Waals surface area contributed by atoms with E-state index in [9.17, 15) is 13.2 Å². The second kappa shape index (κ2) is 6.53. The molecule has 7 heteroatoms. The molecular weight excluding hydrogens is 268 g/mol. The van der Waals surface area contributed by atoms with Crippen molar-refractivity contribution in [2.24, 2.45) is 0 Å². The Labute approximate surface area is 113 Å². The summed E-state index contributed by atoms with van der Waals surface area (Å²) in [5.41, 5.74) is 0.804. The van der Waals surface area contributed by atoms with Crippen molar-refractivity contribution in [3.8, 4) is 0 Å². The Bertz CT molecular complexity index is 525. The molecule has 0 saturated carbocycles. The van der Waals surface area contributed by atoms with Gasteiger partial charge in [0.25, 0.3) is 0 Å². The fraction of sp³-hybridized carbons (Fsp3) is 0.417. The van der Waals surface area contributed by atoms with Crippen molar-refractivity contribution in [2.45, 2.75) is 18.2 Å². The molecule has 1 aromatic carbocycles. The second-order valence-electron chi connectivity index (χ2n) is 3.92. The van der Waals surface area contributed by atoms with Crippen LogP contribution in [0.15, 0.2) is 29.2 Å². The summed E-state index contributed by atoms with van der Waals surface area (Å²) in [4.78, 5) is 12.6. The average Bonchev–Trinajstić information content (AvgIpc) is 2.39. The molecule has 0 aromatic heterocycles. The Hall–Kier alpha value is -1.60. The van der Waals surface area contributed by atoms with Gasteiger partial charge in [-0.3, -0.25) is 4.79 Å². The lowest BCUT2D eigenvalue weighted by Crippen LogP contribution is -2.26. The number of rotatable bonds is 7. The summed E-state index contributed by atoms with van der Waals surface area (Å²) in [5.74, 6) is -0.854. The Kier molecular flexibility index (Phi) is 5.31. The van der Waals surface area contributed by atoms with Crippen LogP contribution in [0.5, 0.6) is 0 Å². The minimum atomic E-state index is -3.44. The maximum atomic E-state index is 11.6. The molecular formula is C12H18N2O4S. The zero-order valence-corrected chi connectivity index (χ0v) is 11.8. The maximum absolute atomic E-state index is 11.6. The number of anilines is 1. The van der Waals surface area contributed by atoms with E-state index in [4.69, 9.17) is 5.11 Å². The van der Waals surface area contributed by atoms with Gasteiger partial charge in [-0.1, -0.05) is 0 Å². The predicted octanol–water partition coefficient (Wildman–Crippen LogP) is 0.896. The van der Waals surface area contributed by atoms with E-state index < -0.39 is 16.0 Å². The zero-order chi connectivity index (χ0) is 14.5. The third kappa shape index (κ3) is 4.22. The van der Waals surface area contributed by atoms with Gasteiger partial charge in [0.05, 0.1) is 11.3 Å². The molecule has 0 atom stereocenters. The molecule has 0 aliphatic rings. The molecule has 2 N–H and O–H groups in total. The van der Waals surface area contributed by atoms with E-state index in [1.54, 1.807) is 12.1 Å². The molecule has 1 rings (SSSR count). The summed E-state index contributed by atoms with van der Waals surface area (Å²) < 4.78 is 25.4. The van der Waals surface area contributed by atoms with Crippen LogP contribution in [0.25, 0.3) is 0 Å². The van der Waals surface area contributed by atoms with E-state index >= 15 is 0 Å². The van der Waals surface area contributed by atoms with Gasteiger partial charge in [-0.2, -0.15) is 0 Å². The molecule has 0 unspecified atom stereocenters. The topological polar surface area (TPSA) is 86.7 Å². The average molecular weight is 286 g/mol. The van der Waals surface area contributed by atoms with Crippen molar-refractivity contribution in [1.29, 1.82) is 0 Å². The van der Waals surface area contributed by atoms with E-state index in [-0.39, 0.29) is 11.3 Å². The van der Waals surface area contributed by atoms with Crippen LogP contribution < -0.4 is 9.62 Å². The fourth-order valence-electron chi connectivity index (χ4n) is 1.65. The first kappa shape index (κ1) is 15.5. The Morgan fingerprint density at radius 2 is 1.89 bits per heavy atom. The number of sulfonamides is 1. The van der Waals surface area contributed by atoms with Crippen LogP contribution >= 0.6 is 0 Å². The summed E-state index contributed by atoms with van der Waals surface area (Å²) in [6.45, 7) is 2.97. The third-order valence-electron chi connectivity index (χ3n) is 2.76. The van der Waals surface area contributed by atoms with Crippen molar-refractivity contribution < 1.29 is 18.3 Å². The Morgan fingerprint density at radius 1 is 1.32 bits per heavy atom. The lowest BCUT2D eigenvalue weighted by atomic mass is 10.2. The first-order valence-corrected chi connectivity index (χ1v) is 7.39. The lowest BCUT2D eigenvalue weighted by molar-refractivity contribution is -0.136. The highest BCUT2D eigenvalue weighted by Crippen LogP contribution is 2.18. The summed E-state index contributed by atoms with van der Waals surface area (Å²) in [6, 6.07) is 6.36. The first-order chi connectivity index (χ1) is 8.90. The van der Waals surface area contributed by atoms with Crippen molar-refractivity contribution in [2.75, 3.05) is 25.0 Å². The number of nitrogens with zero attached hydrogens (tertiary/aromatic N) is 1. The van der Waals surface area contributed by atoms with E-state index in [0.29, 0.717) is 13.1 Å². The van der Waals surface area contributed by atoms with Gasteiger partial charge in [-0.15, -0.1) is 0 Å². The predicted molar refractivity (Wildman–Crippen MR) is 72.8 cm³/mol. The van der Waals surface area contributed by atoms with E-state index in [1.165, 1.54) is 19.2 Å². The standard InChI is InChI=1S/C12H18N2O4S/c1-3-14(9-8-12(15)16)10-4-6-11(7-5-10)19(17,18)13-2/h4-7,13H,3,8-9H2,1-2H3,(H,15,16). The highest BCUT2D eigenvalue weighted by molar-refractivity contribution is 7.89. The monoisotopic (exact) mass is 286 g/mol. The van der Waals surface area contributed by atoms with Gasteiger partial charge in [-0.25, -0.2) is 13.1 Å². The van der Waals surface area contributed by atoms with E-state index in [0.717, 1.165) is 5.69 Å². The second-order valence-corrected chi connectivity index (χ2v) is 5.81. The number of hydrogen-bond donors (Lipinski definition) is 2. The molecule has 106 valence electrons. The smallest absolute Gasteiger partial charge is 0.305 e. The molecule has 1 aromatic rings. The summed E-state index contributed by atoms with van der Waals surface area (Å²) in [7, 11) is -2.08. The highest BCUT2D eigenvalue weighted by Gasteiger charge is 2.12. The summed E-state index contributed by atoms with van der Waals surface area (Å²) in [6.07, 6.45) is 0.0460. The third-order valence-corrected chi connectivity index (χ3v) is 4.19. The number of carboxylic acid groups (broad SMARTS) is 1. The molecule has 0 aliphatic heterocycles. The largest absolute Gasteiger partial charge is 0.481 e. The molecule has 0 amide bonds. The molecule has 0 fully saturated rings. The highest BCUT2D eigenvalue weighted by atomic mass is 32.2. The van der Waals surface area contributed by atoms with Gasteiger partial charge < -0.3 is 10.0 Å². The quantitative estimate of drug-likeness (QED) is 0.777. The number of benzene rings is 1. The van der Waals surface area contributed by atoms with Crippen molar-refractivity contribution in [1.82, 2.24) is 4.72 Å². The van der Waals surface area contributed by atoms with Crippen molar-refractivity contribution in [3.05, 3.63) is 24.3 Å². The minimum Gasteiger partial charge on any atom is -0.481 e. The number of hydrogen-bond acceptors (Lipinski definition) is 4. The maximum Gasteiger partial charge on any atom is 0.305 e. The van der Waals surface area contributed by atoms with E-state index in [2.05, 4.69) is 4.72 Å². The van der Waals surface area contributed by atoms with Gasteiger partial charge in [0, 0.05) is 18.8 Å². The molecule has 0 saturated heterocycles. The SMILES string of the molecule is CCN(CCC(=O)O)c1ccc(S(=O)(=O)NC)cc1. The Balaban J connectivity index is 2.87. The molecule has 6 nitrogen and oxygen atoms in total. The van der Waals surface area contributed by atoms with Gasteiger partial charge in [0.15, 0.2) is 0 Å². The van der Waals surface area contributed by atoms with Crippen LogP contribution in [-0.4, -0.2) is 39.6 Å². The van der Waals surface area contributed by atoms with E-state index in [1.807, 2.05) is 11.8 Å². The molecule has 0 heterocycles. The van der Waals surface area contributed by atoms with Gasteiger partial charge in [-0.05, 0) is 38.2 Å². The van der Waals surface area contributed by atoms with Crippen LogP contribution in [0.3, 0.4) is 0 Å². The lowest BCUT2D eigenvalue weighted by Gasteiger charge is -2.22. The fourth-order valence-corrected chi connectivity index (χ4v) is 2.38. The molecule has 0 spiro atoms. The number of carbonyl (C=O) groups is 1. The van der Waals surface area contributed by atoms with Gasteiger partial charge in [0.1, 0.15) is 0 Å². The van der Waals surface area contributed by atoms with Crippen molar-refractivity contribution in [3.63, 3.8) is 0 Å². The zero-order valence-electron chi connectivity index (χ0n) is 11.0. The molecule has 0 bridgehead atoms. The molecule has 0 radical (unpaired) electrons. The normalized spacial score (nSPS) is 11.3. The van der Waals surface area contributed by atoms with Crippen LogP contribution in [0, 0.1) is 0 Å². The van der Waals surface area contributed by atoms with Crippen molar-refractivity contribution >= 4 is 21.7 Å². The van der Waals surface area contributed by atoms with Gasteiger partial charge in [0.2, 0.25) is 10.0 Å². The van der Waals surface area contributed by atoms with Crippen LogP contribution in [0.2, 0.25) is 0 Å².